The molecule has 0 radical (unpaired) electrons. The van der Waals surface area contributed by atoms with Gasteiger partial charge in [-0.25, -0.2) is 0 Å². The van der Waals surface area contributed by atoms with E-state index in [0.717, 1.165) is 12.8 Å². The molecule has 1 atom stereocenters. The van der Waals surface area contributed by atoms with Gasteiger partial charge >= 0.3 is 0 Å². The molecule has 6 nitrogen and oxygen atoms in total. The molecule has 0 saturated heterocycles. The highest BCUT2D eigenvalue weighted by atomic mass is 16.6. The standard InChI is InChI=1S/C13H15N3O3/c1-9-6-12(16(17)18)4-5-13(9)19-8-11(7-14)15-10-2-3-10/h4-6,10-11,15H,2-3,8H2,1H3. The Morgan fingerprint density at radius 1 is 1.63 bits per heavy atom. The molecule has 0 spiro atoms. The van der Waals surface area contributed by atoms with Gasteiger partial charge in [-0.1, -0.05) is 0 Å². The Bertz CT molecular complexity index is 520. The van der Waals surface area contributed by atoms with Crippen LogP contribution in [0.4, 0.5) is 5.69 Å². The number of hydrogen-bond donors (Lipinski definition) is 1. The summed E-state index contributed by atoms with van der Waals surface area (Å²) in [6, 6.07) is 6.67. The highest BCUT2D eigenvalue weighted by molar-refractivity contribution is 5.42. The van der Waals surface area contributed by atoms with Crippen LogP contribution >= 0.6 is 0 Å². The number of nitro groups is 1. The number of nitrogens with zero attached hydrogens (tertiary/aromatic N) is 2. The molecule has 1 fully saturated rings. The van der Waals surface area contributed by atoms with Gasteiger partial charge in [-0.15, -0.1) is 0 Å². The van der Waals surface area contributed by atoms with Crippen molar-refractivity contribution in [3.8, 4) is 11.8 Å². The Kier molecular flexibility index (Phi) is 3.97. The van der Waals surface area contributed by atoms with Crippen molar-refractivity contribution < 1.29 is 9.66 Å². The summed E-state index contributed by atoms with van der Waals surface area (Å²) in [4.78, 5) is 10.2. The van der Waals surface area contributed by atoms with Gasteiger partial charge in [-0.2, -0.15) is 5.26 Å². The van der Waals surface area contributed by atoms with Gasteiger partial charge in [0.15, 0.2) is 0 Å². The van der Waals surface area contributed by atoms with E-state index < -0.39 is 4.92 Å². The van der Waals surface area contributed by atoms with Gasteiger partial charge in [0.25, 0.3) is 5.69 Å². The minimum atomic E-state index is -0.441. The normalized spacial score (nSPS) is 15.6. The monoisotopic (exact) mass is 261 g/mol. The Hall–Kier alpha value is -2.13. The molecule has 1 aliphatic carbocycles. The molecule has 1 saturated carbocycles. The van der Waals surface area contributed by atoms with Crippen LogP contribution in [0.15, 0.2) is 18.2 Å². The molecule has 0 heterocycles. The minimum absolute atomic E-state index is 0.0396. The van der Waals surface area contributed by atoms with Gasteiger partial charge < -0.3 is 4.74 Å². The van der Waals surface area contributed by atoms with Gasteiger partial charge in [-0.05, 0) is 31.4 Å². The van der Waals surface area contributed by atoms with Crippen LogP contribution in [0.3, 0.4) is 0 Å². The molecule has 0 amide bonds. The predicted molar refractivity (Wildman–Crippen MR) is 68.9 cm³/mol. The first-order valence-corrected chi connectivity index (χ1v) is 6.13. The van der Waals surface area contributed by atoms with E-state index in [1.807, 2.05) is 0 Å². The Balaban J connectivity index is 1.94. The van der Waals surface area contributed by atoms with E-state index in [-0.39, 0.29) is 18.3 Å². The van der Waals surface area contributed by atoms with Crippen molar-refractivity contribution in [3.63, 3.8) is 0 Å². The second-order valence-electron chi connectivity index (χ2n) is 4.64. The topological polar surface area (TPSA) is 88.2 Å². The van der Waals surface area contributed by atoms with E-state index in [9.17, 15) is 10.1 Å². The molecule has 6 heteroatoms. The third-order valence-electron chi connectivity index (χ3n) is 2.94. The van der Waals surface area contributed by atoms with Crippen molar-refractivity contribution in [1.82, 2.24) is 5.32 Å². The van der Waals surface area contributed by atoms with Crippen LogP contribution in [-0.4, -0.2) is 23.6 Å². The molecule has 0 aromatic heterocycles. The van der Waals surface area contributed by atoms with Crippen LogP contribution in [0.1, 0.15) is 18.4 Å². The summed E-state index contributed by atoms with van der Waals surface area (Å²) >= 11 is 0. The number of rotatable bonds is 6. The van der Waals surface area contributed by atoms with Crippen molar-refractivity contribution >= 4 is 5.69 Å². The fraction of sp³-hybridized carbons (Fsp3) is 0.462. The lowest BCUT2D eigenvalue weighted by atomic mass is 10.2. The molecular formula is C13H15N3O3. The van der Waals surface area contributed by atoms with E-state index in [4.69, 9.17) is 10.00 Å². The molecule has 1 N–H and O–H groups in total. The van der Waals surface area contributed by atoms with Crippen LogP contribution in [-0.2, 0) is 0 Å². The van der Waals surface area contributed by atoms with Gasteiger partial charge in [0, 0.05) is 18.2 Å². The van der Waals surface area contributed by atoms with Crippen LogP contribution in [0, 0.1) is 28.4 Å². The first kappa shape index (κ1) is 13.3. The van der Waals surface area contributed by atoms with Gasteiger partial charge in [0.05, 0.1) is 11.0 Å². The Morgan fingerprint density at radius 2 is 2.37 bits per heavy atom. The number of non-ortho nitro benzene ring substituents is 1. The Morgan fingerprint density at radius 3 is 2.89 bits per heavy atom. The molecule has 2 rings (SSSR count). The predicted octanol–water partition coefficient (Wildman–Crippen LogP) is 1.93. The van der Waals surface area contributed by atoms with Crippen molar-refractivity contribution in [1.29, 1.82) is 5.26 Å². The van der Waals surface area contributed by atoms with E-state index in [1.54, 1.807) is 13.0 Å². The summed E-state index contributed by atoms with van der Waals surface area (Å²) in [5.41, 5.74) is 0.732. The average Bonchev–Trinajstić information content (AvgIpc) is 3.19. The zero-order valence-electron chi connectivity index (χ0n) is 10.6. The molecule has 1 aliphatic rings. The maximum Gasteiger partial charge on any atom is 0.269 e. The molecule has 1 aromatic carbocycles. The number of nitrogens with one attached hydrogen (secondary N) is 1. The molecular weight excluding hydrogens is 246 g/mol. The number of aryl methyl sites for hydroxylation is 1. The quantitative estimate of drug-likeness (QED) is 0.624. The molecule has 1 aromatic rings. The molecule has 1 unspecified atom stereocenters. The summed E-state index contributed by atoms with van der Waals surface area (Å²) in [5.74, 6) is 0.573. The maximum absolute atomic E-state index is 10.6. The van der Waals surface area contributed by atoms with Crippen molar-refractivity contribution in [2.24, 2.45) is 0 Å². The SMILES string of the molecule is Cc1cc([N+](=O)[O-])ccc1OCC(C#N)NC1CC1. The zero-order chi connectivity index (χ0) is 13.8. The third-order valence-corrected chi connectivity index (χ3v) is 2.94. The number of nitro benzene ring substituents is 1. The molecule has 19 heavy (non-hydrogen) atoms. The van der Waals surface area contributed by atoms with Crippen LogP contribution in [0.2, 0.25) is 0 Å². The highest BCUT2D eigenvalue weighted by Crippen LogP contribution is 2.24. The molecule has 0 bridgehead atoms. The zero-order valence-corrected chi connectivity index (χ0v) is 10.6. The van der Waals surface area contributed by atoms with E-state index in [2.05, 4.69) is 11.4 Å². The minimum Gasteiger partial charge on any atom is -0.491 e. The maximum atomic E-state index is 10.6. The second kappa shape index (κ2) is 5.67. The van der Waals surface area contributed by atoms with E-state index in [0.29, 0.717) is 17.4 Å². The van der Waals surface area contributed by atoms with Gasteiger partial charge in [0.2, 0.25) is 0 Å². The fourth-order valence-corrected chi connectivity index (χ4v) is 1.74. The number of hydrogen-bond acceptors (Lipinski definition) is 5. The number of benzene rings is 1. The Labute approximate surface area is 111 Å². The second-order valence-corrected chi connectivity index (χ2v) is 4.64. The van der Waals surface area contributed by atoms with E-state index in [1.165, 1.54) is 12.1 Å². The number of ether oxygens (including phenoxy) is 1. The lowest BCUT2D eigenvalue weighted by Crippen LogP contribution is -2.34. The first-order valence-electron chi connectivity index (χ1n) is 6.13. The first-order chi connectivity index (χ1) is 9.10. The number of nitriles is 1. The highest BCUT2D eigenvalue weighted by Gasteiger charge is 2.24. The largest absolute Gasteiger partial charge is 0.491 e. The summed E-state index contributed by atoms with van der Waals surface area (Å²) in [6.07, 6.45) is 2.21. The van der Waals surface area contributed by atoms with Crippen LogP contribution < -0.4 is 10.1 Å². The van der Waals surface area contributed by atoms with Gasteiger partial charge in [0.1, 0.15) is 18.4 Å². The van der Waals surface area contributed by atoms with Crippen molar-refractivity contribution in [3.05, 3.63) is 33.9 Å². The molecule has 100 valence electrons. The third kappa shape index (κ3) is 3.66. The van der Waals surface area contributed by atoms with Crippen LogP contribution in [0.25, 0.3) is 0 Å². The van der Waals surface area contributed by atoms with E-state index >= 15 is 0 Å². The molecule has 0 aliphatic heterocycles. The lowest BCUT2D eigenvalue weighted by molar-refractivity contribution is -0.384. The average molecular weight is 261 g/mol. The summed E-state index contributed by atoms with van der Waals surface area (Å²) < 4.78 is 5.55. The lowest BCUT2D eigenvalue weighted by Gasteiger charge is -2.13. The van der Waals surface area contributed by atoms with Gasteiger partial charge in [-0.3, -0.25) is 15.4 Å². The smallest absolute Gasteiger partial charge is 0.269 e. The fourth-order valence-electron chi connectivity index (χ4n) is 1.74. The van der Waals surface area contributed by atoms with Crippen molar-refractivity contribution in [2.75, 3.05) is 6.61 Å². The summed E-state index contributed by atoms with van der Waals surface area (Å²) in [5, 5.41) is 22.8. The summed E-state index contributed by atoms with van der Waals surface area (Å²) in [6.45, 7) is 1.99. The van der Waals surface area contributed by atoms with Crippen molar-refractivity contribution in [2.45, 2.75) is 31.8 Å². The van der Waals surface area contributed by atoms with Crippen LogP contribution in [0.5, 0.6) is 5.75 Å². The summed E-state index contributed by atoms with van der Waals surface area (Å²) in [7, 11) is 0.